The second kappa shape index (κ2) is 15.2. The first kappa shape index (κ1) is 32.2. The van der Waals surface area contributed by atoms with Gasteiger partial charge in [-0.2, -0.15) is 0 Å². The first-order valence-corrected chi connectivity index (χ1v) is 16.9. The fraction of sp³-hybridized carbons (Fsp3) is 0.325. The van der Waals surface area contributed by atoms with E-state index in [4.69, 9.17) is 16.1 Å². The Labute approximate surface area is 278 Å². The van der Waals surface area contributed by atoms with E-state index in [1.165, 1.54) is 36.0 Å². The molecule has 0 radical (unpaired) electrons. The van der Waals surface area contributed by atoms with Gasteiger partial charge in [0.1, 0.15) is 11.7 Å². The highest BCUT2D eigenvalue weighted by Crippen LogP contribution is 2.26. The summed E-state index contributed by atoms with van der Waals surface area (Å²) in [6, 6.07) is 35.4. The molecule has 1 aromatic heterocycles. The molecular formula is C40H46N6O. The van der Waals surface area contributed by atoms with Crippen LogP contribution in [0.2, 0.25) is 0 Å². The van der Waals surface area contributed by atoms with Gasteiger partial charge in [0.2, 0.25) is 0 Å². The van der Waals surface area contributed by atoms with Crippen molar-refractivity contribution in [2.45, 2.75) is 64.1 Å². The van der Waals surface area contributed by atoms with Crippen LogP contribution < -0.4 is 5.73 Å². The lowest BCUT2D eigenvalue weighted by molar-refractivity contribution is 0.0598. The van der Waals surface area contributed by atoms with E-state index in [9.17, 15) is 4.79 Å². The number of fused-ring (bicyclic) bond motifs is 1. The highest BCUT2D eigenvalue weighted by molar-refractivity contribution is 5.97. The molecule has 5 aromatic rings. The number of amidine groups is 1. The van der Waals surface area contributed by atoms with Crippen LogP contribution in [0.5, 0.6) is 0 Å². The van der Waals surface area contributed by atoms with Gasteiger partial charge in [0, 0.05) is 56.8 Å². The normalized spacial score (nSPS) is 13.7. The fourth-order valence-corrected chi connectivity index (χ4v) is 6.87. The van der Waals surface area contributed by atoms with E-state index >= 15 is 0 Å². The Morgan fingerprint density at radius 1 is 0.787 bits per heavy atom. The van der Waals surface area contributed by atoms with Crippen molar-refractivity contribution < 1.29 is 4.79 Å². The molecule has 6 rings (SSSR count). The third-order valence-corrected chi connectivity index (χ3v) is 9.55. The van der Waals surface area contributed by atoms with Gasteiger partial charge < -0.3 is 15.2 Å². The molecule has 1 fully saturated rings. The number of nitrogens with one attached hydrogen (secondary N) is 1. The first-order valence-electron chi connectivity index (χ1n) is 16.9. The lowest BCUT2D eigenvalue weighted by Crippen LogP contribution is -2.45. The van der Waals surface area contributed by atoms with Gasteiger partial charge in [-0.05, 0) is 54.2 Å². The third-order valence-electron chi connectivity index (χ3n) is 9.55. The van der Waals surface area contributed by atoms with Crippen LogP contribution in [-0.2, 0) is 33.0 Å². The number of aryl methyl sites for hydroxylation is 3. The number of carbonyl (C=O) groups is 1. The number of imidazole rings is 1. The zero-order chi connectivity index (χ0) is 32.6. The van der Waals surface area contributed by atoms with E-state index in [0.29, 0.717) is 12.1 Å². The van der Waals surface area contributed by atoms with Crippen LogP contribution in [0.25, 0.3) is 11.0 Å². The summed E-state index contributed by atoms with van der Waals surface area (Å²) in [5.74, 6) is 1.17. The zero-order valence-corrected chi connectivity index (χ0v) is 27.4. The molecule has 47 heavy (non-hydrogen) atoms. The number of rotatable bonds is 13. The lowest BCUT2D eigenvalue weighted by Gasteiger charge is -2.36. The smallest absolute Gasteiger partial charge is 0.254 e. The molecule has 1 amide bonds. The summed E-state index contributed by atoms with van der Waals surface area (Å²) in [6.07, 6.45) is 7.33. The van der Waals surface area contributed by atoms with Gasteiger partial charge in [0.05, 0.1) is 11.0 Å². The second-order valence-electron chi connectivity index (χ2n) is 12.9. The van der Waals surface area contributed by atoms with E-state index in [0.717, 1.165) is 67.7 Å². The van der Waals surface area contributed by atoms with Gasteiger partial charge in [-0.3, -0.25) is 15.1 Å². The van der Waals surface area contributed by atoms with E-state index in [1.54, 1.807) is 0 Å². The SMILES string of the molecule is Cn1c(CCc2ccc(C(=N)N)cc2)nc2cc(C(=O)N(CCN(Cc3ccccc3)Cc3ccccc3)C3CCCCC3)ccc21. The van der Waals surface area contributed by atoms with Gasteiger partial charge in [-0.1, -0.05) is 104 Å². The molecule has 4 aromatic carbocycles. The van der Waals surface area contributed by atoms with Gasteiger partial charge in [-0.25, -0.2) is 4.98 Å². The molecule has 0 unspecified atom stereocenters. The number of hydrogen-bond acceptors (Lipinski definition) is 4. The summed E-state index contributed by atoms with van der Waals surface area (Å²) < 4.78 is 2.14. The van der Waals surface area contributed by atoms with E-state index in [2.05, 4.69) is 81.1 Å². The Bertz CT molecular complexity index is 1730. The van der Waals surface area contributed by atoms with E-state index in [-0.39, 0.29) is 17.8 Å². The molecular weight excluding hydrogens is 580 g/mol. The largest absolute Gasteiger partial charge is 0.384 e. The molecule has 0 saturated heterocycles. The average Bonchev–Trinajstić information content (AvgIpc) is 3.43. The van der Waals surface area contributed by atoms with E-state index < -0.39 is 0 Å². The van der Waals surface area contributed by atoms with Crippen LogP contribution in [0.4, 0.5) is 0 Å². The Morgan fingerprint density at radius 2 is 1.40 bits per heavy atom. The monoisotopic (exact) mass is 626 g/mol. The zero-order valence-electron chi connectivity index (χ0n) is 27.4. The van der Waals surface area contributed by atoms with Crippen LogP contribution in [0.1, 0.15) is 70.5 Å². The van der Waals surface area contributed by atoms with Crippen molar-refractivity contribution >= 4 is 22.8 Å². The highest BCUT2D eigenvalue weighted by Gasteiger charge is 2.27. The van der Waals surface area contributed by atoms with Crippen LogP contribution >= 0.6 is 0 Å². The maximum absolute atomic E-state index is 14.3. The van der Waals surface area contributed by atoms with Crippen molar-refractivity contribution in [2.75, 3.05) is 13.1 Å². The predicted octanol–water partition coefficient (Wildman–Crippen LogP) is 7.12. The minimum absolute atomic E-state index is 0.0796. The molecule has 1 aliphatic rings. The number of nitrogens with zero attached hydrogens (tertiary/aromatic N) is 4. The van der Waals surface area contributed by atoms with Crippen molar-refractivity contribution in [3.05, 3.63) is 137 Å². The minimum atomic E-state index is 0.0796. The molecule has 1 aliphatic carbocycles. The summed E-state index contributed by atoms with van der Waals surface area (Å²) in [4.78, 5) is 24.0. The quantitative estimate of drug-likeness (QED) is 0.108. The summed E-state index contributed by atoms with van der Waals surface area (Å²) in [5.41, 5.74) is 12.7. The maximum Gasteiger partial charge on any atom is 0.254 e. The number of amides is 1. The van der Waals surface area contributed by atoms with Crippen molar-refractivity contribution in [3.63, 3.8) is 0 Å². The molecule has 7 nitrogen and oxygen atoms in total. The molecule has 1 saturated carbocycles. The summed E-state index contributed by atoms with van der Waals surface area (Å²) in [5, 5.41) is 7.62. The van der Waals surface area contributed by atoms with Crippen molar-refractivity contribution in [1.82, 2.24) is 19.4 Å². The molecule has 0 atom stereocenters. The van der Waals surface area contributed by atoms with Gasteiger partial charge in [-0.15, -0.1) is 0 Å². The van der Waals surface area contributed by atoms with Crippen LogP contribution in [0.15, 0.2) is 103 Å². The average molecular weight is 627 g/mol. The highest BCUT2D eigenvalue weighted by atomic mass is 16.2. The molecule has 3 N–H and O–H groups in total. The van der Waals surface area contributed by atoms with Gasteiger partial charge in [0.15, 0.2) is 0 Å². The Morgan fingerprint density at radius 3 is 2.02 bits per heavy atom. The number of carbonyl (C=O) groups excluding carboxylic acids is 1. The lowest BCUT2D eigenvalue weighted by atomic mass is 9.93. The number of nitrogens with two attached hydrogens (primary N) is 1. The molecule has 0 bridgehead atoms. The maximum atomic E-state index is 14.3. The molecule has 242 valence electrons. The van der Waals surface area contributed by atoms with Crippen LogP contribution in [0, 0.1) is 5.41 Å². The number of nitrogen functional groups attached to an aromatic ring is 1. The summed E-state index contributed by atoms with van der Waals surface area (Å²) >= 11 is 0. The Hall–Kier alpha value is -4.75. The predicted molar refractivity (Wildman–Crippen MR) is 190 cm³/mol. The molecule has 1 heterocycles. The van der Waals surface area contributed by atoms with Gasteiger partial charge >= 0.3 is 0 Å². The standard InChI is InChI=1S/C40H46N6O/c1-44-37-23-22-34(27-36(37)43-38(44)24-19-30-17-20-33(21-18-30)39(41)42)40(47)46(35-15-9-4-10-16-35)26-25-45(28-31-11-5-2-6-12-31)29-32-13-7-3-8-14-32/h2-3,5-8,11-14,17-18,20-23,27,35H,4,9-10,15-16,19,24-26,28-29H2,1H3,(H3,41,42). The van der Waals surface area contributed by atoms with Crippen LogP contribution in [0.3, 0.4) is 0 Å². The topological polar surface area (TPSA) is 91.2 Å². The molecule has 7 heteroatoms. The Kier molecular flexibility index (Phi) is 10.4. The number of aromatic nitrogens is 2. The number of hydrogen-bond donors (Lipinski definition) is 2. The Balaban J connectivity index is 1.20. The van der Waals surface area contributed by atoms with Gasteiger partial charge in [0.25, 0.3) is 5.91 Å². The summed E-state index contributed by atoms with van der Waals surface area (Å²) in [6.45, 7) is 3.17. The minimum Gasteiger partial charge on any atom is -0.384 e. The summed E-state index contributed by atoms with van der Waals surface area (Å²) in [7, 11) is 2.05. The molecule has 0 spiro atoms. The third kappa shape index (κ3) is 8.16. The van der Waals surface area contributed by atoms with Crippen molar-refractivity contribution in [2.24, 2.45) is 12.8 Å². The fourth-order valence-electron chi connectivity index (χ4n) is 6.87. The second-order valence-corrected chi connectivity index (χ2v) is 12.9. The number of benzene rings is 4. The van der Waals surface area contributed by atoms with Crippen molar-refractivity contribution in [3.8, 4) is 0 Å². The molecule has 0 aliphatic heterocycles. The van der Waals surface area contributed by atoms with Crippen molar-refractivity contribution in [1.29, 1.82) is 5.41 Å². The van der Waals surface area contributed by atoms with E-state index in [1.807, 2.05) is 43.4 Å². The van der Waals surface area contributed by atoms with Crippen LogP contribution in [-0.4, -0.2) is 50.2 Å². The first-order chi connectivity index (χ1) is 22.9.